The lowest BCUT2D eigenvalue weighted by molar-refractivity contribution is 1.29. The SMILES string of the molecule is c1ccc(-c2ccc(N(c3ccc(-c4c5ccccc5c(Sc5cccc6ccccc56)c5ccccc45)cc3)c3ccc4ccccc4c3)cc2)cc1. The third-order valence-electron chi connectivity index (χ3n) is 10.5. The van der Waals surface area contributed by atoms with Crippen LogP contribution in [0.15, 0.2) is 222 Å². The van der Waals surface area contributed by atoms with E-state index < -0.39 is 0 Å². The molecule has 0 aliphatic carbocycles. The largest absolute Gasteiger partial charge is 0.310 e. The van der Waals surface area contributed by atoms with E-state index in [1.807, 2.05) is 11.8 Å². The van der Waals surface area contributed by atoms with E-state index in [0.717, 1.165) is 17.1 Å². The lowest BCUT2D eigenvalue weighted by Gasteiger charge is -2.26. The van der Waals surface area contributed by atoms with Crippen LogP contribution in [0.5, 0.6) is 0 Å². The lowest BCUT2D eigenvalue weighted by atomic mass is 9.92. The number of nitrogens with zero attached hydrogens (tertiary/aromatic N) is 1. The van der Waals surface area contributed by atoms with Crippen LogP contribution in [0, 0.1) is 0 Å². The molecule has 10 aromatic carbocycles. The molecule has 0 heterocycles. The Morgan fingerprint density at radius 1 is 0.296 bits per heavy atom. The molecular weight excluding hydrogens is 671 g/mol. The monoisotopic (exact) mass is 705 g/mol. The van der Waals surface area contributed by atoms with Gasteiger partial charge in [0.1, 0.15) is 0 Å². The van der Waals surface area contributed by atoms with Crippen LogP contribution in [0.2, 0.25) is 0 Å². The third-order valence-corrected chi connectivity index (χ3v) is 11.7. The quantitative estimate of drug-likeness (QED) is 0.152. The standard InChI is InChI=1S/C52H35NS/c1-2-13-36(14-3-1)38-25-30-42(31-26-38)53(44-34-27-37-15-4-5-17-41(37)35-44)43-32-28-40(29-33-43)51-46-20-8-10-22-48(46)52(49-23-11-9-21-47(49)51)54-50-24-12-18-39-16-6-7-19-45(39)50/h1-35H. The van der Waals surface area contributed by atoms with Gasteiger partial charge in [-0.25, -0.2) is 0 Å². The van der Waals surface area contributed by atoms with E-state index in [9.17, 15) is 0 Å². The van der Waals surface area contributed by atoms with Gasteiger partial charge < -0.3 is 4.90 Å². The lowest BCUT2D eigenvalue weighted by Crippen LogP contribution is -2.09. The second-order valence-electron chi connectivity index (χ2n) is 13.7. The van der Waals surface area contributed by atoms with Gasteiger partial charge in [0.2, 0.25) is 0 Å². The highest BCUT2D eigenvalue weighted by Gasteiger charge is 2.19. The van der Waals surface area contributed by atoms with Crippen molar-refractivity contribution in [2.45, 2.75) is 9.79 Å². The third kappa shape index (κ3) is 5.78. The summed E-state index contributed by atoms with van der Waals surface area (Å²) >= 11 is 1.88. The van der Waals surface area contributed by atoms with Crippen LogP contribution in [0.3, 0.4) is 0 Å². The van der Waals surface area contributed by atoms with Crippen molar-refractivity contribution in [1.29, 1.82) is 0 Å². The Hall–Kier alpha value is -6.61. The van der Waals surface area contributed by atoms with Crippen LogP contribution in [0.4, 0.5) is 17.1 Å². The number of fused-ring (bicyclic) bond motifs is 4. The van der Waals surface area contributed by atoms with E-state index in [2.05, 4.69) is 217 Å². The van der Waals surface area contributed by atoms with Crippen LogP contribution in [0.25, 0.3) is 65.3 Å². The zero-order valence-corrected chi connectivity index (χ0v) is 30.4. The second-order valence-corrected chi connectivity index (χ2v) is 14.8. The van der Waals surface area contributed by atoms with E-state index >= 15 is 0 Å². The molecule has 10 rings (SSSR count). The van der Waals surface area contributed by atoms with E-state index in [4.69, 9.17) is 0 Å². The van der Waals surface area contributed by atoms with Gasteiger partial charge >= 0.3 is 0 Å². The summed E-state index contributed by atoms with van der Waals surface area (Å²) in [5.74, 6) is 0. The minimum atomic E-state index is 1.11. The molecule has 0 atom stereocenters. The first-order chi connectivity index (χ1) is 26.8. The van der Waals surface area contributed by atoms with Gasteiger partial charge in [-0.3, -0.25) is 0 Å². The van der Waals surface area contributed by atoms with Crippen molar-refractivity contribution in [3.05, 3.63) is 212 Å². The summed E-state index contributed by atoms with van der Waals surface area (Å²) in [5, 5.41) is 10.0. The van der Waals surface area contributed by atoms with E-state index in [-0.39, 0.29) is 0 Å². The number of hydrogen-bond acceptors (Lipinski definition) is 2. The maximum Gasteiger partial charge on any atom is 0.0468 e. The molecule has 0 aromatic heterocycles. The Labute approximate surface area is 319 Å². The number of benzene rings is 10. The van der Waals surface area contributed by atoms with Gasteiger partial charge in [-0.05, 0) is 108 Å². The summed E-state index contributed by atoms with van der Waals surface area (Å²) in [4.78, 5) is 4.93. The molecule has 0 aliphatic rings. The topological polar surface area (TPSA) is 3.24 Å². The molecule has 0 spiro atoms. The molecule has 0 saturated heterocycles. The van der Waals surface area contributed by atoms with E-state index in [1.165, 1.54) is 75.1 Å². The first kappa shape index (κ1) is 32.1. The van der Waals surface area contributed by atoms with Crippen LogP contribution in [0.1, 0.15) is 0 Å². The molecule has 254 valence electrons. The number of hydrogen-bond donors (Lipinski definition) is 0. The molecule has 2 heteroatoms. The zero-order chi connectivity index (χ0) is 35.8. The Morgan fingerprint density at radius 2 is 0.778 bits per heavy atom. The first-order valence-electron chi connectivity index (χ1n) is 18.4. The normalized spacial score (nSPS) is 11.4. The fraction of sp³-hybridized carbons (Fsp3) is 0. The van der Waals surface area contributed by atoms with E-state index in [1.54, 1.807) is 0 Å². The summed E-state index contributed by atoms with van der Waals surface area (Å²) in [7, 11) is 0. The maximum atomic E-state index is 2.37. The smallest absolute Gasteiger partial charge is 0.0468 e. The fourth-order valence-electron chi connectivity index (χ4n) is 7.88. The molecule has 0 radical (unpaired) electrons. The highest BCUT2D eigenvalue weighted by molar-refractivity contribution is 8.00. The molecule has 0 bridgehead atoms. The van der Waals surface area contributed by atoms with Crippen LogP contribution in [-0.2, 0) is 0 Å². The Balaban J connectivity index is 1.10. The van der Waals surface area contributed by atoms with Crippen LogP contribution in [-0.4, -0.2) is 0 Å². The highest BCUT2D eigenvalue weighted by Crippen LogP contribution is 2.47. The molecule has 0 N–H and O–H groups in total. The molecule has 10 aromatic rings. The Bertz CT molecular complexity index is 2890. The molecule has 0 fully saturated rings. The summed E-state index contributed by atoms with van der Waals surface area (Å²) in [6, 6.07) is 77.1. The van der Waals surface area contributed by atoms with E-state index in [0.29, 0.717) is 0 Å². The van der Waals surface area contributed by atoms with Gasteiger partial charge in [0.25, 0.3) is 0 Å². The van der Waals surface area contributed by atoms with Crippen molar-refractivity contribution >= 4 is 71.9 Å². The van der Waals surface area contributed by atoms with Gasteiger partial charge in [-0.1, -0.05) is 182 Å². The van der Waals surface area contributed by atoms with Gasteiger partial charge in [-0.2, -0.15) is 0 Å². The fourth-order valence-corrected chi connectivity index (χ4v) is 9.12. The van der Waals surface area contributed by atoms with Crippen molar-refractivity contribution in [2.24, 2.45) is 0 Å². The van der Waals surface area contributed by atoms with Crippen LogP contribution >= 0.6 is 11.8 Å². The average Bonchev–Trinajstić information content (AvgIpc) is 3.25. The minimum Gasteiger partial charge on any atom is -0.310 e. The maximum absolute atomic E-state index is 2.37. The molecule has 0 saturated carbocycles. The number of rotatable bonds is 7. The van der Waals surface area contributed by atoms with Gasteiger partial charge in [0, 0.05) is 26.9 Å². The predicted molar refractivity (Wildman–Crippen MR) is 233 cm³/mol. The van der Waals surface area contributed by atoms with Crippen molar-refractivity contribution < 1.29 is 0 Å². The van der Waals surface area contributed by atoms with Crippen molar-refractivity contribution in [3.63, 3.8) is 0 Å². The molecular formula is C52H35NS. The summed E-state index contributed by atoms with van der Waals surface area (Å²) in [6.07, 6.45) is 0. The molecule has 0 aliphatic heterocycles. The Morgan fingerprint density at radius 3 is 1.44 bits per heavy atom. The Kier molecular flexibility index (Phi) is 8.16. The van der Waals surface area contributed by atoms with Crippen LogP contribution < -0.4 is 4.90 Å². The average molecular weight is 706 g/mol. The number of anilines is 3. The van der Waals surface area contributed by atoms with Gasteiger partial charge in [0.15, 0.2) is 0 Å². The summed E-state index contributed by atoms with van der Waals surface area (Å²) < 4.78 is 0. The minimum absolute atomic E-state index is 1.11. The first-order valence-corrected chi connectivity index (χ1v) is 19.2. The van der Waals surface area contributed by atoms with Crippen molar-refractivity contribution in [1.82, 2.24) is 0 Å². The highest BCUT2D eigenvalue weighted by atomic mass is 32.2. The van der Waals surface area contributed by atoms with Crippen molar-refractivity contribution in [3.8, 4) is 22.3 Å². The zero-order valence-electron chi connectivity index (χ0n) is 29.6. The second kappa shape index (κ2) is 13.7. The van der Waals surface area contributed by atoms with Crippen molar-refractivity contribution in [2.75, 3.05) is 4.90 Å². The molecule has 0 unspecified atom stereocenters. The molecule has 0 amide bonds. The predicted octanol–water partition coefficient (Wildman–Crippen LogP) is 15.3. The van der Waals surface area contributed by atoms with Gasteiger partial charge in [0.05, 0.1) is 0 Å². The van der Waals surface area contributed by atoms with Gasteiger partial charge in [-0.15, -0.1) is 0 Å². The summed E-state index contributed by atoms with van der Waals surface area (Å²) in [5.41, 5.74) is 8.23. The summed E-state index contributed by atoms with van der Waals surface area (Å²) in [6.45, 7) is 0. The molecule has 1 nitrogen and oxygen atoms in total. The molecule has 54 heavy (non-hydrogen) atoms.